The number of rotatable bonds is 6. The van der Waals surface area contributed by atoms with Crippen molar-refractivity contribution in [2.75, 3.05) is 24.7 Å². The Hall–Kier alpha value is -3.52. The minimum atomic E-state index is -0.745. The van der Waals surface area contributed by atoms with Crippen molar-refractivity contribution in [1.82, 2.24) is 5.32 Å². The lowest BCUT2D eigenvalue weighted by atomic mass is 10.1. The molecule has 3 amide bonds. The molecule has 32 heavy (non-hydrogen) atoms. The van der Waals surface area contributed by atoms with E-state index in [4.69, 9.17) is 9.47 Å². The fourth-order valence-corrected chi connectivity index (χ4v) is 3.85. The predicted octanol–water partition coefficient (Wildman–Crippen LogP) is 2.56. The van der Waals surface area contributed by atoms with E-state index >= 15 is 0 Å². The van der Waals surface area contributed by atoms with Gasteiger partial charge in [-0.05, 0) is 62.1 Å². The van der Waals surface area contributed by atoms with E-state index < -0.39 is 30.3 Å². The van der Waals surface area contributed by atoms with E-state index in [2.05, 4.69) is 5.32 Å². The minimum Gasteiger partial charge on any atom is -0.452 e. The van der Waals surface area contributed by atoms with Gasteiger partial charge >= 0.3 is 5.97 Å². The lowest BCUT2D eigenvalue weighted by Crippen LogP contribution is -2.34. The third-order valence-electron chi connectivity index (χ3n) is 5.61. The molecule has 1 fully saturated rings. The lowest BCUT2D eigenvalue weighted by molar-refractivity contribution is -0.124. The Balaban J connectivity index is 1.43. The minimum absolute atomic E-state index is 0.00473. The molecule has 2 heterocycles. The number of fused-ring (bicyclic) bond motifs is 1. The van der Waals surface area contributed by atoms with Gasteiger partial charge in [-0.15, -0.1) is 0 Å². The summed E-state index contributed by atoms with van der Waals surface area (Å²) >= 11 is 0. The van der Waals surface area contributed by atoms with Crippen LogP contribution in [0.5, 0.6) is 0 Å². The van der Waals surface area contributed by atoms with Gasteiger partial charge < -0.3 is 14.8 Å². The number of nitrogens with zero attached hydrogens (tertiary/aromatic N) is 1. The van der Waals surface area contributed by atoms with Crippen LogP contribution in [-0.2, 0) is 14.3 Å². The van der Waals surface area contributed by atoms with Gasteiger partial charge in [-0.2, -0.15) is 0 Å². The van der Waals surface area contributed by atoms with Crippen molar-refractivity contribution in [3.63, 3.8) is 0 Å². The summed E-state index contributed by atoms with van der Waals surface area (Å²) in [6.45, 7) is 4.33. The molecule has 0 saturated carbocycles. The van der Waals surface area contributed by atoms with Gasteiger partial charge in [0.1, 0.15) is 0 Å². The molecule has 2 aromatic rings. The third-order valence-corrected chi connectivity index (χ3v) is 5.61. The molecule has 1 unspecified atom stereocenters. The van der Waals surface area contributed by atoms with Crippen molar-refractivity contribution in [2.24, 2.45) is 0 Å². The van der Waals surface area contributed by atoms with Gasteiger partial charge in [0.25, 0.3) is 17.7 Å². The van der Waals surface area contributed by atoms with Gasteiger partial charge in [0, 0.05) is 13.2 Å². The van der Waals surface area contributed by atoms with Crippen LogP contribution in [0.1, 0.15) is 55.0 Å². The second-order valence-electron chi connectivity index (χ2n) is 8.01. The van der Waals surface area contributed by atoms with Crippen LogP contribution in [-0.4, -0.2) is 49.6 Å². The molecule has 4 rings (SSSR count). The molecule has 1 saturated heterocycles. The molecule has 0 aliphatic carbocycles. The zero-order valence-electron chi connectivity index (χ0n) is 18.0. The number of aryl methyl sites for hydroxylation is 2. The number of carbonyl (C=O) groups excluding carboxylic acids is 4. The maximum Gasteiger partial charge on any atom is 0.338 e. The number of hydrogen-bond donors (Lipinski definition) is 1. The topological polar surface area (TPSA) is 102 Å². The van der Waals surface area contributed by atoms with Crippen molar-refractivity contribution in [1.29, 1.82) is 0 Å². The van der Waals surface area contributed by atoms with E-state index in [9.17, 15) is 19.2 Å². The van der Waals surface area contributed by atoms with Gasteiger partial charge in [0.15, 0.2) is 6.61 Å². The number of esters is 1. The first-order chi connectivity index (χ1) is 15.3. The Kier molecular flexibility index (Phi) is 6.05. The van der Waals surface area contributed by atoms with Gasteiger partial charge in [-0.1, -0.05) is 12.1 Å². The summed E-state index contributed by atoms with van der Waals surface area (Å²) in [5.74, 6) is -2.11. The SMILES string of the molecule is Cc1ccc(C)c(N2C(=O)c3ccc(C(=O)OCC(=O)NCC4CCCO4)cc3C2=O)c1. The summed E-state index contributed by atoms with van der Waals surface area (Å²) in [6, 6.07) is 9.73. The van der Waals surface area contributed by atoms with Gasteiger partial charge in [0.05, 0.1) is 28.5 Å². The number of hydrogen-bond acceptors (Lipinski definition) is 6. The molecule has 0 radical (unpaired) electrons. The maximum absolute atomic E-state index is 13.0. The van der Waals surface area contributed by atoms with Crippen LogP contribution in [0.2, 0.25) is 0 Å². The molecule has 8 nitrogen and oxygen atoms in total. The van der Waals surface area contributed by atoms with Crippen LogP contribution in [0.4, 0.5) is 5.69 Å². The Morgan fingerprint density at radius 1 is 1.09 bits per heavy atom. The van der Waals surface area contributed by atoms with Gasteiger partial charge in [-0.25, -0.2) is 9.69 Å². The first-order valence-corrected chi connectivity index (χ1v) is 10.5. The summed E-state index contributed by atoms with van der Waals surface area (Å²) < 4.78 is 10.5. The number of nitrogens with one attached hydrogen (secondary N) is 1. The molecule has 2 aliphatic rings. The van der Waals surface area contributed by atoms with E-state index in [-0.39, 0.29) is 22.8 Å². The Morgan fingerprint density at radius 3 is 2.62 bits per heavy atom. The number of ether oxygens (including phenoxy) is 2. The van der Waals surface area contributed by atoms with Gasteiger partial charge in [0.2, 0.25) is 0 Å². The Bertz CT molecular complexity index is 1100. The van der Waals surface area contributed by atoms with Crippen LogP contribution in [0.3, 0.4) is 0 Å². The summed E-state index contributed by atoms with van der Waals surface area (Å²) in [6.07, 6.45) is 1.85. The predicted molar refractivity (Wildman–Crippen MR) is 116 cm³/mol. The Labute approximate surface area is 185 Å². The highest BCUT2D eigenvalue weighted by Crippen LogP contribution is 2.31. The molecular formula is C24H24N2O6. The Morgan fingerprint density at radius 2 is 1.88 bits per heavy atom. The molecule has 1 atom stereocenters. The molecular weight excluding hydrogens is 412 g/mol. The summed E-state index contributed by atoms with van der Waals surface area (Å²) in [7, 11) is 0. The highest BCUT2D eigenvalue weighted by atomic mass is 16.5. The maximum atomic E-state index is 13.0. The highest BCUT2D eigenvalue weighted by Gasteiger charge is 2.38. The van der Waals surface area contributed by atoms with Crippen molar-refractivity contribution in [2.45, 2.75) is 32.8 Å². The molecule has 166 valence electrons. The van der Waals surface area contributed by atoms with Crippen LogP contribution >= 0.6 is 0 Å². The van der Waals surface area contributed by atoms with E-state index in [1.165, 1.54) is 18.2 Å². The number of amides is 3. The second kappa shape index (κ2) is 8.92. The molecule has 8 heteroatoms. The molecule has 0 bridgehead atoms. The number of carbonyl (C=O) groups is 4. The molecule has 0 spiro atoms. The molecule has 0 aromatic heterocycles. The van der Waals surface area contributed by atoms with Crippen LogP contribution < -0.4 is 10.2 Å². The van der Waals surface area contributed by atoms with Crippen molar-refractivity contribution >= 4 is 29.4 Å². The monoisotopic (exact) mass is 436 g/mol. The fraction of sp³-hybridized carbons (Fsp3) is 0.333. The zero-order valence-corrected chi connectivity index (χ0v) is 18.0. The average Bonchev–Trinajstić information content (AvgIpc) is 3.39. The normalized spacial score (nSPS) is 17.4. The van der Waals surface area contributed by atoms with Crippen molar-refractivity contribution in [3.05, 3.63) is 64.2 Å². The molecule has 1 N–H and O–H groups in total. The largest absolute Gasteiger partial charge is 0.452 e. The summed E-state index contributed by atoms with van der Waals surface area (Å²) in [5, 5.41) is 2.67. The zero-order chi connectivity index (χ0) is 22.8. The number of anilines is 1. The van der Waals surface area contributed by atoms with E-state index in [0.717, 1.165) is 28.9 Å². The molecule has 2 aromatic carbocycles. The first kappa shape index (κ1) is 21.7. The van der Waals surface area contributed by atoms with Crippen molar-refractivity contribution in [3.8, 4) is 0 Å². The van der Waals surface area contributed by atoms with Gasteiger partial charge in [-0.3, -0.25) is 14.4 Å². The standard InChI is InChI=1S/C24H24N2O6/c1-14-5-6-15(2)20(10-14)26-22(28)18-8-7-16(11-19(18)23(26)29)24(30)32-13-21(27)25-12-17-4-3-9-31-17/h5-8,10-11,17H,3-4,9,12-13H2,1-2H3,(H,25,27). The smallest absolute Gasteiger partial charge is 0.338 e. The van der Waals surface area contributed by atoms with E-state index in [0.29, 0.717) is 18.8 Å². The number of imide groups is 1. The fourth-order valence-electron chi connectivity index (χ4n) is 3.85. The number of benzene rings is 2. The highest BCUT2D eigenvalue weighted by molar-refractivity contribution is 6.35. The van der Waals surface area contributed by atoms with Crippen molar-refractivity contribution < 1.29 is 28.7 Å². The first-order valence-electron chi connectivity index (χ1n) is 10.5. The summed E-state index contributed by atoms with van der Waals surface area (Å²) in [4.78, 5) is 51.3. The lowest BCUT2D eigenvalue weighted by Gasteiger charge is -2.17. The van der Waals surface area contributed by atoms with Crippen LogP contribution in [0.15, 0.2) is 36.4 Å². The van der Waals surface area contributed by atoms with Crippen LogP contribution in [0, 0.1) is 13.8 Å². The van der Waals surface area contributed by atoms with E-state index in [1.54, 1.807) is 6.07 Å². The summed E-state index contributed by atoms with van der Waals surface area (Å²) in [5.41, 5.74) is 2.68. The quantitative estimate of drug-likeness (QED) is 0.552. The third kappa shape index (κ3) is 4.27. The average molecular weight is 436 g/mol. The van der Waals surface area contributed by atoms with E-state index in [1.807, 2.05) is 26.0 Å². The van der Waals surface area contributed by atoms with Crippen LogP contribution in [0.25, 0.3) is 0 Å². The molecule has 2 aliphatic heterocycles. The second-order valence-corrected chi connectivity index (χ2v) is 8.01.